The molecule has 1 aliphatic rings. The van der Waals surface area contributed by atoms with E-state index in [1.165, 1.54) is 16.0 Å². The highest BCUT2D eigenvalue weighted by molar-refractivity contribution is 7.10. The van der Waals surface area contributed by atoms with Crippen molar-refractivity contribution in [3.63, 3.8) is 0 Å². The molecule has 1 aromatic carbocycles. The summed E-state index contributed by atoms with van der Waals surface area (Å²) in [6, 6.07) is 12.4. The van der Waals surface area contributed by atoms with Gasteiger partial charge in [-0.25, -0.2) is 4.79 Å². The van der Waals surface area contributed by atoms with Crippen LogP contribution < -0.4 is 5.32 Å². The average molecular weight is 344 g/mol. The van der Waals surface area contributed by atoms with Gasteiger partial charge < -0.3 is 15.3 Å². The second-order valence-corrected chi connectivity index (χ2v) is 7.25. The van der Waals surface area contributed by atoms with Gasteiger partial charge >= 0.3 is 6.03 Å². The SMILES string of the molecule is CC(CNC(=O)N(CCO)C1CCc2ccccc21)c1cccs1. The van der Waals surface area contributed by atoms with Crippen molar-refractivity contribution in [1.82, 2.24) is 10.2 Å². The van der Waals surface area contributed by atoms with E-state index < -0.39 is 0 Å². The molecule has 0 aliphatic heterocycles. The second-order valence-electron chi connectivity index (χ2n) is 6.27. The van der Waals surface area contributed by atoms with Gasteiger partial charge in [-0.05, 0) is 35.4 Å². The maximum absolute atomic E-state index is 12.7. The minimum Gasteiger partial charge on any atom is -0.395 e. The normalized spacial score (nSPS) is 17.3. The standard InChI is InChI=1S/C19H24N2O2S/c1-14(18-7-4-12-24-18)13-20-19(23)21(10-11-22)17-9-8-15-5-2-3-6-16(15)17/h2-7,12,14,17,22H,8-11,13H2,1H3,(H,20,23). The molecule has 2 amide bonds. The Kier molecular flexibility index (Phi) is 5.53. The van der Waals surface area contributed by atoms with E-state index in [4.69, 9.17) is 0 Å². The van der Waals surface area contributed by atoms with Crippen LogP contribution >= 0.6 is 11.3 Å². The lowest BCUT2D eigenvalue weighted by Crippen LogP contribution is -2.44. The van der Waals surface area contributed by atoms with E-state index in [1.54, 1.807) is 16.2 Å². The number of aliphatic hydroxyl groups is 1. The third-order valence-corrected chi connectivity index (χ3v) is 5.77. The molecule has 0 saturated carbocycles. The van der Waals surface area contributed by atoms with Crippen LogP contribution in [0.15, 0.2) is 41.8 Å². The van der Waals surface area contributed by atoms with Gasteiger partial charge in [0.25, 0.3) is 0 Å². The van der Waals surface area contributed by atoms with Crippen LogP contribution in [-0.4, -0.2) is 35.7 Å². The molecule has 2 atom stereocenters. The lowest BCUT2D eigenvalue weighted by molar-refractivity contribution is 0.151. The van der Waals surface area contributed by atoms with Crippen molar-refractivity contribution in [2.75, 3.05) is 19.7 Å². The first-order valence-electron chi connectivity index (χ1n) is 8.47. The van der Waals surface area contributed by atoms with E-state index in [2.05, 4.69) is 35.8 Å². The number of rotatable bonds is 6. The quantitative estimate of drug-likeness (QED) is 0.842. The number of carbonyl (C=O) groups is 1. The Bertz CT molecular complexity index is 672. The molecule has 1 aliphatic carbocycles. The number of benzene rings is 1. The van der Waals surface area contributed by atoms with Crippen LogP contribution in [0, 0.1) is 0 Å². The summed E-state index contributed by atoms with van der Waals surface area (Å²) in [4.78, 5) is 15.8. The lowest BCUT2D eigenvalue weighted by Gasteiger charge is -2.30. The van der Waals surface area contributed by atoms with Crippen molar-refractivity contribution in [1.29, 1.82) is 0 Å². The van der Waals surface area contributed by atoms with Crippen LogP contribution in [0.4, 0.5) is 4.79 Å². The van der Waals surface area contributed by atoms with Crippen molar-refractivity contribution in [3.8, 4) is 0 Å². The van der Waals surface area contributed by atoms with Crippen LogP contribution in [0.1, 0.15) is 41.3 Å². The van der Waals surface area contributed by atoms with Gasteiger partial charge in [0, 0.05) is 23.9 Å². The molecule has 2 N–H and O–H groups in total. The fourth-order valence-corrected chi connectivity index (χ4v) is 4.17. The molecule has 0 spiro atoms. The van der Waals surface area contributed by atoms with E-state index >= 15 is 0 Å². The molecular weight excluding hydrogens is 320 g/mol. The Morgan fingerprint density at radius 3 is 2.96 bits per heavy atom. The minimum absolute atomic E-state index is 0.0213. The first-order chi connectivity index (χ1) is 11.7. The summed E-state index contributed by atoms with van der Waals surface area (Å²) < 4.78 is 0. The minimum atomic E-state index is -0.0887. The third kappa shape index (κ3) is 3.62. The predicted molar refractivity (Wildman–Crippen MR) is 97.4 cm³/mol. The topological polar surface area (TPSA) is 52.6 Å². The van der Waals surface area contributed by atoms with Gasteiger partial charge in [0.1, 0.15) is 0 Å². The molecule has 5 heteroatoms. The van der Waals surface area contributed by atoms with Crippen LogP contribution in [-0.2, 0) is 6.42 Å². The Morgan fingerprint density at radius 1 is 1.38 bits per heavy atom. The molecule has 24 heavy (non-hydrogen) atoms. The van der Waals surface area contributed by atoms with Crippen LogP contribution in [0.5, 0.6) is 0 Å². The number of aryl methyl sites for hydroxylation is 1. The molecule has 2 aromatic rings. The molecule has 128 valence electrons. The predicted octanol–water partition coefficient (Wildman–Crippen LogP) is 3.54. The smallest absolute Gasteiger partial charge is 0.318 e. The first kappa shape index (κ1) is 17.0. The van der Waals surface area contributed by atoms with E-state index in [0.29, 0.717) is 19.0 Å². The molecule has 3 rings (SSSR count). The zero-order valence-electron chi connectivity index (χ0n) is 13.9. The fraction of sp³-hybridized carbons (Fsp3) is 0.421. The van der Waals surface area contributed by atoms with Crippen LogP contribution in [0.2, 0.25) is 0 Å². The summed E-state index contributed by atoms with van der Waals surface area (Å²) in [5.41, 5.74) is 2.53. The Hall–Kier alpha value is -1.85. The van der Waals surface area contributed by atoms with Gasteiger partial charge in [0.05, 0.1) is 12.6 Å². The largest absolute Gasteiger partial charge is 0.395 e. The van der Waals surface area contributed by atoms with Gasteiger partial charge in [-0.1, -0.05) is 37.3 Å². The van der Waals surface area contributed by atoms with Gasteiger partial charge in [-0.3, -0.25) is 0 Å². The number of amides is 2. The van der Waals surface area contributed by atoms with Crippen LogP contribution in [0.3, 0.4) is 0 Å². The highest BCUT2D eigenvalue weighted by atomic mass is 32.1. The average Bonchev–Trinajstić information content (AvgIpc) is 3.27. The molecule has 0 radical (unpaired) electrons. The maximum Gasteiger partial charge on any atom is 0.318 e. The first-order valence-corrected chi connectivity index (χ1v) is 9.35. The Balaban J connectivity index is 1.66. The molecule has 1 aromatic heterocycles. The Labute approximate surface area is 147 Å². The van der Waals surface area contributed by atoms with Gasteiger partial charge in [-0.2, -0.15) is 0 Å². The number of fused-ring (bicyclic) bond motifs is 1. The van der Waals surface area contributed by atoms with Crippen molar-refractivity contribution in [2.45, 2.75) is 31.7 Å². The van der Waals surface area contributed by atoms with Crippen molar-refractivity contribution >= 4 is 17.4 Å². The monoisotopic (exact) mass is 344 g/mol. The van der Waals surface area contributed by atoms with Crippen LogP contribution in [0.25, 0.3) is 0 Å². The van der Waals surface area contributed by atoms with E-state index in [1.807, 2.05) is 18.2 Å². The molecule has 4 nitrogen and oxygen atoms in total. The summed E-state index contributed by atoms with van der Waals surface area (Å²) in [5.74, 6) is 0.292. The number of nitrogens with one attached hydrogen (secondary N) is 1. The van der Waals surface area contributed by atoms with Crippen molar-refractivity contribution in [2.24, 2.45) is 0 Å². The second kappa shape index (κ2) is 7.81. The summed E-state index contributed by atoms with van der Waals surface area (Å²) >= 11 is 1.71. The van der Waals surface area contributed by atoms with Gasteiger partial charge in [0.2, 0.25) is 0 Å². The van der Waals surface area contributed by atoms with E-state index in [-0.39, 0.29) is 18.7 Å². The van der Waals surface area contributed by atoms with Crippen molar-refractivity contribution in [3.05, 3.63) is 57.8 Å². The molecule has 2 unspecified atom stereocenters. The zero-order valence-corrected chi connectivity index (χ0v) is 14.8. The number of hydrogen-bond acceptors (Lipinski definition) is 3. The summed E-state index contributed by atoms with van der Waals surface area (Å²) in [6.45, 7) is 3.06. The number of nitrogens with zero attached hydrogens (tertiary/aromatic N) is 1. The summed E-state index contributed by atoms with van der Waals surface area (Å²) in [6.07, 6.45) is 1.91. The van der Waals surface area contributed by atoms with Crippen molar-refractivity contribution < 1.29 is 9.90 Å². The molecular formula is C19H24N2O2S. The fourth-order valence-electron chi connectivity index (χ4n) is 3.38. The lowest BCUT2D eigenvalue weighted by atomic mass is 10.1. The van der Waals surface area contributed by atoms with E-state index in [9.17, 15) is 9.90 Å². The summed E-state index contributed by atoms with van der Waals surface area (Å²) in [5, 5.41) is 14.5. The maximum atomic E-state index is 12.7. The Morgan fingerprint density at radius 2 is 2.21 bits per heavy atom. The van der Waals surface area contributed by atoms with Gasteiger partial charge in [0.15, 0.2) is 0 Å². The number of thiophene rings is 1. The van der Waals surface area contributed by atoms with Gasteiger partial charge in [-0.15, -0.1) is 11.3 Å². The molecule has 0 fully saturated rings. The number of hydrogen-bond donors (Lipinski definition) is 2. The highest BCUT2D eigenvalue weighted by Gasteiger charge is 2.30. The van der Waals surface area contributed by atoms with E-state index in [0.717, 1.165) is 12.8 Å². The summed E-state index contributed by atoms with van der Waals surface area (Å²) in [7, 11) is 0. The third-order valence-electron chi connectivity index (χ3n) is 4.67. The zero-order chi connectivity index (χ0) is 16.9. The number of carbonyl (C=O) groups excluding carboxylic acids is 1. The number of urea groups is 1. The molecule has 1 heterocycles. The molecule has 0 bridgehead atoms. The number of aliphatic hydroxyl groups excluding tert-OH is 1. The highest BCUT2D eigenvalue weighted by Crippen LogP contribution is 2.35. The molecule has 0 saturated heterocycles.